The zero-order valence-corrected chi connectivity index (χ0v) is 19.4. The highest BCUT2D eigenvalue weighted by atomic mass is 32.2. The van der Waals surface area contributed by atoms with E-state index in [0.717, 1.165) is 33.6 Å². The molecule has 0 aliphatic heterocycles. The largest absolute Gasteiger partial charge is 0.325 e. The zero-order valence-electron chi connectivity index (χ0n) is 18.6. The van der Waals surface area contributed by atoms with Gasteiger partial charge in [-0.05, 0) is 62.6 Å². The molecule has 0 fully saturated rings. The second-order valence-electron chi connectivity index (χ2n) is 7.95. The van der Waals surface area contributed by atoms with Crippen LogP contribution >= 0.6 is 11.8 Å². The first-order valence-corrected chi connectivity index (χ1v) is 11.4. The number of hydrogen-bond acceptors (Lipinski definition) is 4. The number of thioether (sulfide) groups is 1. The molecule has 32 heavy (non-hydrogen) atoms. The fourth-order valence-corrected chi connectivity index (χ4v) is 4.63. The number of nitrogens with zero attached hydrogens (tertiary/aromatic N) is 2. The molecule has 0 atom stereocenters. The van der Waals surface area contributed by atoms with Crippen LogP contribution in [0.25, 0.3) is 16.6 Å². The first kappa shape index (κ1) is 21.8. The van der Waals surface area contributed by atoms with Gasteiger partial charge in [0.05, 0.1) is 22.3 Å². The number of benzene rings is 3. The molecule has 0 unspecified atom stereocenters. The van der Waals surface area contributed by atoms with E-state index in [0.29, 0.717) is 16.1 Å². The molecule has 1 amide bonds. The van der Waals surface area contributed by atoms with Gasteiger partial charge in [-0.1, -0.05) is 59.8 Å². The Bertz CT molecular complexity index is 1370. The molecule has 0 bridgehead atoms. The number of aryl methyl sites for hydroxylation is 4. The van der Waals surface area contributed by atoms with Crippen molar-refractivity contribution in [2.45, 2.75) is 32.9 Å². The standard InChI is InChI=1S/C26H25N3O2S/c1-16-12-13-21(19(4)14-16)27-23(30)15-32-26-28-22-11-6-5-10-20(22)25(31)29(26)24-17(2)8-7-9-18(24)3/h5-14H,15H2,1-4H3,(H,27,30). The second kappa shape index (κ2) is 9.01. The third kappa shape index (κ3) is 4.32. The highest BCUT2D eigenvalue weighted by Gasteiger charge is 2.17. The number of aromatic nitrogens is 2. The van der Waals surface area contributed by atoms with Gasteiger partial charge in [-0.25, -0.2) is 4.98 Å². The average molecular weight is 444 g/mol. The molecule has 0 aliphatic rings. The summed E-state index contributed by atoms with van der Waals surface area (Å²) in [5, 5.41) is 4.02. The van der Waals surface area contributed by atoms with Crippen LogP contribution in [-0.4, -0.2) is 21.2 Å². The summed E-state index contributed by atoms with van der Waals surface area (Å²) in [4.78, 5) is 30.9. The van der Waals surface area contributed by atoms with Crippen LogP contribution in [-0.2, 0) is 4.79 Å². The summed E-state index contributed by atoms with van der Waals surface area (Å²) >= 11 is 1.26. The van der Waals surface area contributed by atoms with E-state index in [9.17, 15) is 9.59 Å². The highest BCUT2D eigenvalue weighted by Crippen LogP contribution is 2.26. The molecule has 5 nitrogen and oxygen atoms in total. The number of hydrogen-bond donors (Lipinski definition) is 1. The Hall–Kier alpha value is -3.38. The van der Waals surface area contributed by atoms with Gasteiger partial charge >= 0.3 is 0 Å². The van der Waals surface area contributed by atoms with Crippen molar-refractivity contribution >= 4 is 34.3 Å². The fraction of sp³-hybridized carbons (Fsp3) is 0.192. The van der Waals surface area contributed by atoms with Gasteiger partial charge in [0.1, 0.15) is 0 Å². The summed E-state index contributed by atoms with van der Waals surface area (Å²) in [6, 6.07) is 19.2. The Labute approximate surface area is 191 Å². The molecule has 1 heterocycles. The van der Waals surface area contributed by atoms with Gasteiger partial charge in [-0.2, -0.15) is 0 Å². The van der Waals surface area contributed by atoms with E-state index in [-0.39, 0.29) is 17.2 Å². The van der Waals surface area contributed by atoms with Crippen molar-refractivity contribution < 1.29 is 4.79 Å². The summed E-state index contributed by atoms with van der Waals surface area (Å²) in [6.45, 7) is 7.95. The first-order valence-electron chi connectivity index (χ1n) is 10.4. The zero-order chi connectivity index (χ0) is 22.8. The molecule has 4 aromatic rings. The van der Waals surface area contributed by atoms with E-state index in [2.05, 4.69) is 5.32 Å². The van der Waals surface area contributed by atoms with Gasteiger partial charge in [0.25, 0.3) is 5.56 Å². The minimum Gasteiger partial charge on any atom is -0.325 e. The van der Waals surface area contributed by atoms with Crippen molar-refractivity contribution in [3.8, 4) is 5.69 Å². The van der Waals surface area contributed by atoms with Gasteiger partial charge < -0.3 is 5.32 Å². The Morgan fingerprint density at radius 2 is 1.66 bits per heavy atom. The van der Waals surface area contributed by atoms with Crippen LogP contribution in [0.5, 0.6) is 0 Å². The molecule has 0 saturated carbocycles. The summed E-state index contributed by atoms with van der Waals surface area (Å²) in [7, 11) is 0. The molecule has 1 N–H and O–H groups in total. The molecule has 1 aromatic heterocycles. The van der Waals surface area contributed by atoms with Crippen LogP contribution in [0.15, 0.2) is 70.6 Å². The minimum atomic E-state index is -0.141. The number of fused-ring (bicyclic) bond motifs is 1. The summed E-state index contributed by atoms with van der Waals surface area (Å²) in [6.07, 6.45) is 0. The van der Waals surface area contributed by atoms with Gasteiger partial charge in [0.2, 0.25) is 5.91 Å². The molecule has 162 valence electrons. The van der Waals surface area contributed by atoms with Gasteiger partial charge in [-0.3, -0.25) is 14.2 Å². The molecule has 0 aliphatic carbocycles. The van der Waals surface area contributed by atoms with E-state index in [4.69, 9.17) is 4.98 Å². The molecule has 4 rings (SSSR count). The fourth-order valence-electron chi connectivity index (χ4n) is 3.83. The van der Waals surface area contributed by atoms with Crippen LogP contribution in [0.4, 0.5) is 5.69 Å². The van der Waals surface area contributed by atoms with Crippen molar-refractivity contribution in [2.24, 2.45) is 0 Å². The number of anilines is 1. The second-order valence-corrected chi connectivity index (χ2v) is 8.89. The van der Waals surface area contributed by atoms with E-state index >= 15 is 0 Å². The van der Waals surface area contributed by atoms with Crippen molar-refractivity contribution in [3.63, 3.8) is 0 Å². The maximum atomic E-state index is 13.5. The predicted octanol–water partition coefficient (Wildman–Crippen LogP) is 5.35. The van der Waals surface area contributed by atoms with Gasteiger partial charge in [-0.15, -0.1) is 0 Å². The Balaban J connectivity index is 1.72. The lowest BCUT2D eigenvalue weighted by Gasteiger charge is -2.17. The molecule has 0 saturated heterocycles. The third-order valence-corrected chi connectivity index (χ3v) is 6.33. The number of carbonyl (C=O) groups excluding carboxylic acids is 1. The smallest absolute Gasteiger partial charge is 0.266 e. The van der Waals surface area contributed by atoms with Gasteiger partial charge in [0, 0.05) is 5.69 Å². The Morgan fingerprint density at radius 1 is 0.938 bits per heavy atom. The number of para-hydroxylation sites is 2. The van der Waals surface area contributed by atoms with Crippen LogP contribution in [0.2, 0.25) is 0 Å². The molecule has 0 radical (unpaired) electrons. The van der Waals surface area contributed by atoms with Crippen LogP contribution in [0.3, 0.4) is 0 Å². The van der Waals surface area contributed by atoms with Crippen molar-refractivity contribution in [1.29, 1.82) is 0 Å². The van der Waals surface area contributed by atoms with E-state index in [1.165, 1.54) is 11.8 Å². The topological polar surface area (TPSA) is 64.0 Å². The molecular formula is C26H25N3O2S. The predicted molar refractivity (Wildman–Crippen MR) is 132 cm³/mol. The maximum Gasteiger partial charge on any atom is 0.266 e. The number of carbonyl (C=O) groups is 1. The quantitative estimate of drug-likeness (QED) is 0.334. The van der Waals surface area contributed by atoms with E-state index in [1.54, 1.807) is 10.6 Å². The van der Waals surface area contributed by atoms with Crippen molar-refractivity contribution in [3.05, 3.63) is 93.3 Å². The van der Waals surface area contributed by atoms with Crippen LogP contribution < -0.4 is 10.9 Å². The lowest BCUT2D eigenvalue weighted by molar-refractivity contribution is -0.113. The summed E-state index contributed by atoms with van der Waals surface area (Å²) in [5.74, 6) is 0.000609. The molecule has 3 aromatic carbocycles. The molecule has 0 spiro atoms. The SMILES string of the molecule is Cc1ccc(NC(=O)CSc2nc3ccccc3c(=O)n2-c2c(C)cccc2C)c(C)c1. The Kier molecular flexibility index (Phi) is 6.15. The van der Waals surface area contributed by atoms with E-state index in [1.807, 2.05) is 82.3 Å². The lowest BCUT2D eigenvalue weighted by atomic mass is 10.1. The number of rotatable bonds is 5. The maximum absolute atomic E-state index is 13.5. The summed E-state index contributed by atoms with van der Waals surface area (Å²) < 4.78 is 1.64. The van der Waals surface area contributed by atoms with Crippen LogP contribution in [0, 0.1) is 27.7 Å². The summed E-state index contributed by atoms with van der Waals surface area (Å²) in [5.41, 5.74) is 6.21. The average Bonchev–Trinajstić information content (AvgIpc) is 2.76. The monoisotopic (exact) mass is 443 g/mol. The highest BCUT2D eigenvalue weighted by molar-refractivity contribution is 7.99. The Morgan fingerprint density at radius 3 is 2.38 bits per heavy atom. The van der Waals surface area contributed by atoms with E-state index < -0.39 is 0 Å². The minimum absolute atomic E-state index is 0.134. The molecule has 6 heteroatoms. The normalized spacial score (nSPS) is 11.0. The van der Waals surface area contributed by atoms with Crippen molar-refractivity contribution in [2.75, 3.05) is 11.1 Å². The number of nitrogens with one attached hydrogen (secondary N) is 1. The molecular weight excluding hydrogens is 418 g/mol. The van der Waals surface area contributed by atoms with Crippen LogP contribution in [0.1, 0.15) is 22.3 Å². The number of amides is 1. The van der Waals surface area contributed by atoms with Gasteiger partial charge in [0.15, 0.2) is 5.16 Å². The van der Waals surface area contributed by atoms with Crippen molar-refractivity contribution in [1.82, 2.24) is 9.55 Å². The third-order valence-electron chi connectivity index (χ3n) is 5.40. The lowest BCUT2D eigenvalue weighted by Crippen LogP contribution is -2.24. The first-order chi connectivity index (χ1) is 15.3.